The molecule has 9 aromatic carbocycles. The minimum absolute atomic E-state index is 0.631. The van der Waals surface area contributed by atoms with Crippen LogP contribution in [0.4, 0.5) is 0 Å². The van der Waals surface area contributed by atoms with Gasteiger partial charge < -0.3 is 4.57 Å². The van der Waals surface area contributed by atoms with Gasteiger partial charge in [-0.2, -0.15) is 0 Å². The van der Waals surface area contributed by atoms with E-state index in [1.54, 1.807) is 0 Å². The lowest BCUT2D eigenvalue weighted by atomic mass is 10.00. The quantitative estimate of drug-likeness (QED) is 0.163. The fourth-order valence-electron chi connectivity index (χ4n) is 8.23. The summed E-state index contributed by atoms with van der Waals surface area (Å²) in [6, 6.07) is 77.1. The van der Waals surface area contributed by atoms with Crippen molar-refractivity contribution in [3.05, 3.63) is 218 Å². The summed E-state index contributed by atoms with van der Waals surface area (Å²) >= 11 is 0. The van der Waals surface area contributed by atoms with Crippen molar-refractivity contribution >= 4 is 32.6 Å². The van der Waals surface area contributed by atoms with Gasteiger partial charge in [0, 0.05) is 33.2 Å². The molecular formula is C55H36N4. The van der Waals surface area contributed by atoms with Gasteiger partial charge in [-0.25, -0.2) is 15.0 Å². The molecule has 11 rings (SSSR count). The minimum atomic E-state index is 0.631. The first-order valence-electron chi connectivity index (χ1n) is 19.9. The number of hydrogen-bond donors (Lipinski definition) is 0. The van der Waals surface area contributed by atoms with Crippen LogP contribution < -0.4 is 0 Å². The van der Waals surface area contributed by atoms with Crippen molar-refractivity contribution in [1.29, 1.82) is 0 Å². The van der Waals surface area contributed by atoms with Crippen LogP contribution in [0.5, 0.6) is 0 Å². The largest absolute Gasteiger partial charge is 0.309 e. The van der Waals surface area contributed by atoms with E-state index >= 15 is 0 Å². The van der Waals surface area contributed by atoms with Crippen LogP contribution >= 0.6 is 0 Å². The minimum Gasteiger partial charge on any atom is -0.309 e. The summed E-state index contributed by atoms with van der Waals surface area (Å²) in [7, 11) is 0. The molecule has 59 heavy (non-hydrogen) atoms. The molecule has 0 spiro atoms. The molecule has 0 aliphatic rings. The molecule has 0 fully saturated rings. The summed E-state index contributed by atoms with van der Waals surface area (Å²) in [5.41, 5.74) is 13.2. The van der Waals surface area contributed by atoms with Gasteiger partial charge in [0.1, 0.15) is 0 Å². The van der Waals surface area contributed by atoms with E-state index in [0.717, 1.165) is 39.1 Å². The molecule has 0 radical (unpaired) electrons. The Morgan fingerprint density at radius 1 is 0.254 bits per heavy atom. The maximum atomic E-state index is 5.06. The Morgan fingerprint density at radius 2 is 0.712 bits per heavy atom. The molecule has 0 aliphatic heterocycles. The Labute approximate surface area is 342 Å². The lowest BCUT2D eigenvalue weighted by Crippen LogP contribution is -2.00. The topological polar surface area (TPSA) is 43.6 Å². The van der Waals surface area contributed by atoms with Crippen molar-refractivity contribution in [3.63, 3.8) is 0 Å². The summed E-state index contributed by atoms with van der Waals surface area (Å²) < 4.78 is 2.39. The molecule has 0 saturated carbocycles. The summed E-state index contributed by atoms with van der Waals surface area (Å²) in [4.78, 5) is 15.1. The first-order chi connectivity index (χ1) is 29.2. The normalized spacial score (nSPS) is 11.4. The Balaban J connectivity index is 0.960. The lowest BCUT2D eigenvalue weighted by Gasteiger charge is -2.12. The van der Waals surface area contributed by atoms with Crippen LogP contribution in [0.15, 0.2) is 218 Å². The molecule has 0 atom stereocenters. The van der Waals surface area contributed by atoms with E-state index in [2.05, 4.69) is 187 Å². The molecule has 0 saturated heterocycles. The molecule has 2 aromatic heterocycles. The third-order valence-electron chi connectivity index (χ3n) is 11.3. The second-order valence-electron chi connectivity index (χ2n) is 14.9. The fourth-order valence-corrected chi connectivity index (χ4v) is 8.23. The zero-order chi connectivity index (χ0) is 39.1. The highest BCUT2D eigenvalue weighted by atomic mass is 15.0. The number of rotatable bonds is 7. The zero-order valence-corrected chi connectivity index (χ0v) is 32.1. The van der Waals surface area contributed by atoms with Crippen LogP contribution in [0.1, 0.15) is 0 Å². The Kier molecular flexibility index (Phi) is 8.45. The summed E-state index contributed by atoms with van der Waals surface area (Å²) in [5.74, 6) is 1.91. The number of nitrogens with zero attached hydrogens (tertiary/aromatic N) is 4. The second kappa shape index (κ2) is 14.5. The third kappa shape index (κ3) is 6.43. The van der Waals surface area contributed by atoms with Crippen LogP contribution in [0.2, 0.25) is 0 Å². The fraction of sp³-hybridized carbons (Fsp3) is 0. The first kappa shape index (κ1) is 34.3. The average molecular weight is 753 g/mol. The maximum absolute atomic E-state index is 5.06. The van der Waals surface area contributed by atoms with Gasteiger partial charge in [0.25, 0.3) is 0 Å². The molecule has 276 valence electrons. The SMILES string of the molecule is c1ccc(-c2ccc(-c3nc(-c4ccccc4)nc(-c4cccc(-c5ccc(-n6c7ccccc7c7ccc(-c8ccc9ccccc9c8)cc76)cc5)c4)n3)cc2)cc1. The third-order valence-corrected chi connectivity index (χ3v) is 11.3. The highest BCUT2D eigenvalue weighted by Crippen LogP contribution is 2.37. The van der Waals surface area contributed by atoms with Gasteiger partial charge in [0.05, 0.1) is 11.0 Å². The number of hydrogen-bond acceptors (Lipinski definition) is 3. The molecule has 11 aromatic rings. The molecular weight excluding hydrogens is 717 g/mol. The second-order valence-corrected chi connectivity index (χ2v) is 14.9. The van der Waals surface area contributed by atoms with Gasteiger partial charge in [0.15, 0.2) is 17.5 Å². The molecule has 4 heteroatoms. The van der Waals surface area contributed by atoms with Gasteiger partial charge in [-0.3, -0.25) is 0 Å². The number of benzene rings is 9. The molecule has 0 aliphatic carbocycles. The predicted octanol–water partition coefficient (Wildman–Crippen LogP) is 14.1. The standard InChI is InChI=1S/C55H36N4/c1-3-12-37(13-4-1)39-22-25-42(26-23-39)54-56-53(41-15-5-2-6-16-41)57-55(58-54)47-19-11-18-44(35-47)40-28-31-48(32-29-40)59-51-21-10-9-20-49(51)50-33-30-46(36-52(50)59)45-27-24-38-14-7-8-17-43(38)34-45/h1-36H. The molecule has 4 nitrogen and oxygen atoms in total. The molecule has 0 unspecified atom stereocenters. The average Bonchev–Trinajstić information content (AvgIpc) is 3.65. The summed E-state index contributed by atoms with van der Waals surface area (Å²) in [6.07, 6.45) is 0. The van der Waals surface area contributed by atoms with E-state index in [1.807, 2.05) is 36.4 Å². The molecule has 0 amide bonds. The van der Waals surface area contributed by atoms with E-state index in [0.29, 0.717) is 17.5 Å². The van der Waals surface area contributed by atoms with Crippen LogP contribution in [0.3, 0.4) is 0 Å². The Morgan fingerprint density at radius 3 is 1.47 bits per heavy atom. The molecule has 0 bridgehead atoms. The monoisotopic (exact) mass is 752 g/mol. The van der Waals surface area contributed by atoms with Gasteiger partial charge in [-0.1, -0.05) is 182 Å². The molecule has 0 N–H and O–H groups in total. The van der Waals surface area contributed by atoms with Crippen LogP contribution in [0, 0.1) is 0 Å². The van der Waals surface area contributed by atoms with E-state index in [4.69, 9.17) is 15.0 Å². The van der Waals surface area contributed by atoms with Gasteiger partial charge in [0.2, 0.25) is 0 Å². The van der Waals surface area contributed by atoms with E-state index < -0.39 is 0 Å². The van der Waals surface area contributed by atoms with E-state index in [9.17, 15) is 0 Å². The summed E-state index contributed by atoms with van der Waals surface area (Å²) in [6.45, 7) is 0. The lowest BCUT2D eigenvalue weighted by molar-refractivity contribution is 1.07. The van der Waals surface area contributed by atoms with Crippen molar-refractivity contribution in [2.75, 3.05) is 0 Å². The van der Waals surface area contributed by atoms with Crippen LogP contribution in [-0.4, -0.2) is 19.5 Å². The highest BCUT2D eigenvalue weighted by molar-refractivity contribution is 6.10. The maximum Gasteiger partial charge on any atom is 0.164 e. The molecule has 2 heterocycles. The van der Waals surface area contributed by atoms with Gasteiger partial charge >= 0.3 is 0 Å². The number of aromatic nitrogens is 4. The van der Waals surface area contributed by atoms with Crippen molar-refractivity contribution in [2.24, 2.45) is 0 Å². The van der Waals surface area contributed by atoms with E-state index in [1.165, 1.54) is 49.3 Å². The number of para-hydroxylation sites is 1. The van der Waals surface area contributed by atoms with Crippen LogP contribution in [-0.2, 0) is 0 Å². The van der Waals surface area contributed by atoms with Gasteiger partial charge in [-0.05, 0) is 80.6 Å². The zero-order valence-electron chi connectivity index (χ0n) is 32.1. The van der Waals surface area contributed by atoms with Gasteiger partial charge in [-0.15, -0.1) is 0 Å². The van der Waals surface area contributed by atoms with E-state index in [-0.39, 0.29) is 0 Å². The smallest absolute Gasteiger partial charge is 0.164 e. The Bertz CT molecular complexity index is 3300. The summed E-state index contributed by atoms with van der Waals surface area (Å²) in [5, 5.41) is 4.97. The van der Waals surface area contributed by atoms with Crippen molar-refractivity contribution < 1.29 is 0 Å². The van der Waals surface area contributed by atoms with Crippen LogP contribution in [0.25, 0.3) is 106 Å². The highest BCUT2D eigenvalue weighted by Gasteiger charge is 2.16. The van der Waals surface area contributed by atoms with Crippen molar-refractivity contribution in [3.8, 4) is 73.2 Å². The number of fused-ring (bicyclic) bond motifs is 4. The first-order valence-corrected chi connectivity index (χ1v) is 19.9. The van der Waals surface area contributed by atoms with Crippen molar-refractivity contribution in [2.45, 2.75) is 0 Å². The Hall–Kier alpha value is -7.95. The predicted molar refractivity (Wildman–Crippen MR) is 244 cm³/mol. The van der Waals surface area contributed by atoms with Crippen molar-refractivity contribution in [1.82, 2.24) is 19.5 Å².